The summed E-state index contributed by atoms with van der Waals surface area (Å²) in [5.74, 6) is 0.533. The zero-order valence-corrected chi connectivity index (χ0v) is 18.8. The standard InChI is InChI=1S/C25H33N5O2/c1-18-26-16-21(25(32)27-15-19-9-4-2-5-10-19)24(28-18)22-13-8-14-30(22)17-23(31)29-20-11-6-3-7-12-20/h2,4-5,9-10,16,20,22H,3,6-8,11-15,17H2,1H3,(H,27,32)(H,29,31). The predicted octanol–water partition coefficient (Wildman–Crippen LogP) is 3.30. The molecule has 7 nitrogen and oxygen atoms in total. The monoisotopic (exact) mass is 435 g/mol. The van der Waals surface area contributed by atoms with Crippen molar-refractivity contribution in [3.8, 4) is 0 Å². The molecule has 4 rings (SSSR count). The van der Waals surface area contributed by atoms with E-state index in [1.54, 1.807) is 6.20 Å². The lowest BCUT2D eigenvalue weighted by Gasteiger charge is -2.27. The Hall–Kier alpha value is -2.80. The first-order valence-electron chi connectivity index (χ1n) is 11.8. The summed E-state index contributed by atoms with van der Waals surface area (Å²) in [5.41, 5.74) is 2.26. The molecular weight excluding hydrogens is 402 g/mol. The highest BCUT2D eigenvalue weighted by Crippen LogP contribution is 2.32. The van der Waals surface area contributed by atoms with Gasteiger partial charge in [-0.15, -0.1) is 0 Å². The summed E-state index contributed by atoms with van der Waals surface area (Å²) >= 11 is 0. The van der Waals surface area contributed by atoms with E-state index in [2.05, 4.69) is 25.5 Å². The van der Waals surface area contributed by atoms with E-state index in [1.807, 2.05) is 37.3 Å². The van der Waals surface area contributed by atoms with E-state index in [0.29, 0.717) is 30.5 Å². The Morgan fingerprint density at radius 3 is 2.62 bits per heavy atom. The number of aryl methyl sites for hydroxylation is 1. The number of hydrogen-bond acceptors (Lipinski definition) is 5. The van der Waals surface area contributed by atoms with Crippen molar-refractivity contribution in [1.29, 1.82) is 0 Å². The van der Waals surface area contributed by atoms with Gasteiger partial charge in [-0.2, -0.15) is 0 Å². The number of hydrogen-bond donors (Lipinski definition) is 2. The molecule has 0 radical (unpaired) electrons. The lowest BCUT2D eigenvalue weighted by Crippen LogP contribution is -2.43. The molecule has 0 spiro atoms. The van der Waals surface area contributed by atoms with Crippen molar-refractivity contribution in [2.75, 3.05) is 13.1 Å². The Balaban J connectivity index is 1.44. The quantitative estimate of drug-likeness (QED) is 0.697. The molecule has 1 aliphatic heterocycles. The molecule has 2 heterocycles. The second kappa shape index (κ2) is 10.7. The van der Waals surface area contributed by atoms with Crippen molar-refractivity contribution >= 4 is 11.8 Å². The van der Waals surface area contributed by atoms with Crippen LogP contribution in [0.25, 0.3) is 0 Å². The minimum absolute atomic E-state index is 0.0497. The summed E-state index contributed by atoms with van der Waals surface area (Å²) in [6.07, 6.45) is 9.29. The van der Waals surface area contributed by atoms with E-state index in [4.69, 9.17) is 0 Å². The smallest absolute Gasteiger partial charge is 0.255 e. The summed E-state index contributed by atoms with van der Waals surface area (Å²) in [5, 5.41) is 6.20. The van der Waals surface area contributed by atoms with Crippen molar-refractivity contribution < 1.29 is 9.59 Å². The number of carbonyl (C=O) groups is 2. The second-order valence-corrected chi connectivity index (χ2v) is 8.92. The van der Waals surface area contributed by atoms with Crippen molar-refractivity contribution in [3.63, 3.8) is 0 Å². The Morgan fingerprint density at radius 1 is 1.06 bits per heavy atom. The van der Waals surface area contributed by atoms with Gasteiger partial charge in [-0.1, -0.05) is 49.6 Å². The van der Waals surface area contributed by atoms with E-state index in [1.165, 1.54) is 19.3 Å². The van der Waals surface area contributed by atoms with Crippen molar-refractivity contribution in [2.24, 2.45) is 0 Å². The molecule has 2 aliphatic rings. The SMILES string of the molecule is Cc1ncc(C(=O)NCc2ccccc2)c(C2CCCN2CC(=O)NC2CCCCC2)n1. The molecule has 1 saturated carbocycles. The molecule has 2 aromatic rings. The first kappa shape index (κ1) is 22.4. The fourth-order valence-electron chi connectivity index (χ4n) is 4.82. The van der Waals surface area contributed by atoms with Crippen LogP contribution in [0, 0.1) is 6.92 Å². The van der Waals surface area contributed by atoms with Crippen LogP contribution in [-0.2, 0) is 11.3 Å². The van der Waals surface area contributed by atoms with Crippen LogP contribution >= 0.6 is 0 Å². The Kier molecular flexibility index (Phi) is 7.47. The summed E-state index contributed by atoms with van der Waals surface area (Å²) in [4.78, 5) is 36.8. The van der Waals surface area contributed by atoms with Crippen LogP contribution in [0.5, 0.6) is 0 Å². The van der Waals surface area contributed by atoms with Gasteiger partial charge in [-0.3, -0.25) is 14.5 Å². The van der Waals surface area contributed by atoms with E-state index in [9.17, 15) is 9.59 Å². The Bertz CT molecular complexity index is 927. The average Bonchev–Trinajstić information content (AvgIpc) is 3.26. The molecule has 7 heteroatoms. The summed E-state index contributed by atoms with van der Waals surface area (Å²) in [6, 6.07) is 10.1. The second-order valence-electron chi connectivity index (χ2n) is 8.92. The summed E-state index contributed by atoms with van der Waals surface area (Å²) in [7, 11) is 0. The fraction of sp³-hybridized carbons (Fsp3) is 0.520. The van der Waals surface area contributed by atoms with Crippen LogP contribution in [0.3, 0.4) is 0 Å². The van der Waals surface area contributed by atoms with Gasteiger partial charge in [-0.05, 0) is 44.7 Å². The number of amides is 2. The fourth-order valence-corrected chi connectivity index (χ4v) is 4.82. The average molecular weight is 436 g/mol. The summed E-state index contributed by atoms with van der Waals surface area (Å²) in [6.45, 7) is 3.46. The van der Waals surface area contributed by atoms with Gasteiger partial charge in [0, 0.05) is 18.8 Å². The van der Waals surface area contributed by atoms with E-state index >= 15 is 0 Å². The molecular formula is C25H33N5O2. The Morgan fingerprint density at radius 2 is 1.84 bits per heavy atom. The van der Waals surface area contributed by atoms with Gasteiger partial charge in [0.15, 0.2) is 0 Å². The van der Waals surface area contributed by atoms with Crippen molar-refractivity contribution in [3.05, 3.63) is 59.2 Å². The van der Waals surface area contributed by atoms with Gasteiger partial charge in [-0.25, -0.2) is 9.97 Å². The molecule has 1 saturated heterocycles. The molecule has 32 heavy (non-hydrogen) atoms. The number of rotatable bonds is 7. The van der Waals surface area contributed by atoms with Gasteiger partial charge in [0.1, 0.15) is 5.82 Å². The largest absolute Gasteiger partial charge is 0.352 e. The van der Waals surface area contributed by atoms with Crippen molar-refractivity contribution in [1.82, 2.24) is 25.5 Å². The highest BCUT2D eigenvalue weighted by molar-refractivity contribution is 5.95. The Labute approximate surface area is 190 Å². The molecule has 2 fully saturated rings. The van der Waals surface area contributed by atoms with Crippen LogP contribution < -0.4 is 10.6 Å². The number of nitrogens with one attached hydrogen (secondary N) is 2. The topological polar surface area (TPSA) is 87.2 Å². The minimum atomic E-state index is -0.178. The van der Waals surface area contributed by atoms with E-state index in [0.717, 1.165) is 43.5 Å². The van der Waals surface area contributed by atoms with Crippen LogP contribution in [0.4, 0.5) is 0 Å². The first-order chi connectivity index (χ1) is 15.6. The van der Waals surface area contributed by atoms with E-state index in [-0.39, 0.29) is 17.9 Å². The van der Waals surface area contributed by atoms with Gasteiger partial charge in [0.2, 0.25) is 5.91 Å². The van der Waals surface area contributed by atoms with E-state index < -0.39 is 0 Å². The molecule has 1 atom stereocenters. The number of likely N-dealkylation sites (tertiary alicyclic amines) is 1. The molecule has 2 amide bonds. The van der Waals surface area contributed by atoms with Crippen molar-refractivity contribution in [2.45, 2.75) is 70.5 Å². The maximum absolute atomic E-state index is 13.0. The predicted molar refractivity (Wildman–Crippen MR) is 123 cm³/mol. The molecule has 1 aliphatic carbocycles. The molecule has 1 aromatic carbocycles. The van der Waals surface area contributed by atoms with Crippen LogP contribution in [0.1, 0.15) is 78.4 Å². The highest BCUT2D eigenvalue weighted by atomic mass is 16.2. The first-order valence-corrected chi connectivity index (χ1v) is 11.8. The summed E-state index contributed by atoms with van der Waals surface area (Å²) < 4.78 is 0. The van der Waals surface area contributed by atoms with Gasteiger partial charge >= 0.3 is 0 Å². The van der Waals surface area contributed by atoms with Gasteiger partial charge in [0.05, 0.1) is 23.8 Å². The number of nitrogens with zero attached hydrogens (tertiary/aromatic N) is 3. The third-order valence-electron chi connectivity index (χ3n) is 6.48. The lowest BCUT2D eigenvalue weighted by molar-refractivity contribution is -0.123. The molecule has 1 unspecified atom stereocenters. The maximum atomic E-state index is 13.0. The number of benzene rings is 1. The number of carbonyl (C=O) groups excluding carboxylic acids is 2. The zero-order valence-electron chi connectivity index (χ0n) is 18.8. The van der Waals surface area contributed by atoms with Gasteiger partial charge in [0.25, 0.3) is 5.91 Å². The van der Waals surface area contributed by atoms with Gasteiger partial charge < -0.3 is 10.6 Å². The third-order valence-corrected chi connectivity index (χ3v) is 6.48. The third kappa shape index (κ3) is 5.71. The molecule has 2 N–H and O–H groups in total. The maximum Gasteiger partial charge on any atom is 0.255 e. The van der Waals surface area contributed by atoms with Crippen LogP contribution in [0.15, 0.2) is 36.5 Å². The minimum Gasteiger partial charge on any atom is -0.352 e. The lowest BCUT2D eigenvalue weighted by atomic mass is 9.95. The highest BCUT2D eigenvalue weighted by Gasteiger charge is 2.32. The van der Waals surface area contributed by atoms with Crippen LogP contribution in [-0.4, -0.2) is 45.8 Å². The van der Waals surface area contributed by atoms with Crippen LogP contribution in [0.2, 0.25) is 0 Å². The molecule has 1 aromatic heterocycles. The normalized spacial score (nSPS) is 19.6. The number of aromatic nitrogens is 2. The molecule has 170 valence electrons. The molecule has 0 bridgehead atoms. The zero-order chi connectivity index (χ0) is 22.3.